The highest BCUT2D eigenvalue weighted by atomic mass is 32.1. The maximum atomic E-state index is 13.2. The first-order valence-corrected chi connectivity index (χ1v) is 11.9. The van der Waals surface area contributed by atoms with Gasteiger partial charge in [-0.05, 0) is 31.2 Å². The summed E-state index contributed by atoms with van der Waals surface area (Å²) in [5, 5.41) is 3.21. The van der Waals surface area contributed by atoms with Crippen LogP contribution in [0, 0.1) is 0 Å². The smallest absolute Gasteiger partial charge is 0.258 e. The van der Waals surface area contributed by atoms with E-state index < -0.39 is 0 Å². The minimum absolute atomic E-state index is 0.122. The summed E-state index contributed by atoms with van der Waals surface area (Å²) in [5.41, 5.74) is 1.95. The van der Waals surface area contributed by atoms with Crippen molar-refractivity contribution in [2.45, 2.75) is 19.9 Å². The summed E-state index contributed by atoms with van der Waals surface area (Å²) in [7, 11) is 1.58. The number of amides is 1. The Morgan fingerprint density at radius 1 is 1.12 bits per heavy atom. The Kier molecular flexibility index (Phi) is 7.66. The van der Waals surface area contributed by atoms with Crippen LogP contribution in [-0.4, -0.2) is 52.6 Å². The van der Waals surface area contributed by atoms with Crippen molar-refractivity contribution in [2.24, 2.45) is 0 Å². The highest BCUT2D eigenvalue weighted by Crippen LogP contribution is 2.32. The molecule has 0 bridgehead atoms. The lowest BCUT2D eigenvalue weighted by Crippen LogP contribution is -2.35. The van der Waals surface area contributed by atoms with Gasteiger partial charge in [-0.25, -0.2) is 9.97 Å². The van der Waals surface area contributed by atoms with Gasteiger partial charge in [0, 0.05) is 19.0 Å². The minimum Gasteiger partial charge on any atom is -0.493 e. The number of para-hydroxylation sites is 2. The Labute approximate surface area is 201 Å². The first-order chi connectivity index (χ1) is 16.6. The van der Waals surface area contributed by atoms with Crippen molar-refractivity contribution in [3.63, 3.8) is 0 Å². The first kappa shape index (κ1) is 23.6. The van der Waals surface area contributed by atoms with E-state index in [-0.39, 0.29) is 24.4 Å². The van der Waals surface area contributed by atoms with E-state index in [1.54, 1.807) is 30.2 Å². The third-order valence-electron chi connectivity index (χ3n) is 5.22. The Morgan fingerprint density at radius 3 is 2.74 bits per heavy atom. The van der Waals surface area contributed by atoms with E-state index in [2.05, 4.69) is 15.0 Å². The van der Waals surface area contributed by atoms with Crippen LogP contribution in [0.3, 0.4) is 0 Å². The number of nitrogens with one attached hydrogen (secondary N) is 1. The van der Waals surface area contributed by atoms with E-state index in [0.717, 1.165) is 16.3 Å². The predicted molar refractivity (Wildman–Crippen MR) is 132 cm³/mol. The van der Waals surface area contributed by atoms with Gasteiger partial charge in [0.2, 0.25) is 5.91 Å². The van der Waals surface area contributed by atoms with E-state index in [0.29, 0.717) is 42.2 Å². The van der Waals surface area contributed by atoms with Crippen LogP contribution in [-0.2, 0) is 22.5 Å². The molecule has 0 fully saturated rings. The Balaban J connectivity index is 1.52. The third kappa shape index (κ3) is 5.49. The minimum atomic E-state index is -0.225. The summed E-state index contributed by atoms with van der Waals surface area (Å²) in [6.45, 7) is 3.41. The van der Waals surface area contributed by atoms with Gasteiger partial charge in [-0.15, -0.1) is 11.3 Å². The summed E-state index contributed by atoms with van der Waals surface area (Å²) in [5.74, 6) is 1.07. The zero-order chi connectivity index (χ0) is 23.9. The highest BCUT2D eigenvalue weighted by molar-refractivity contribution is 7.13. The molecule has 0 aliphatic heterocycles. The molecular formula is C25H26N4O4S. The lowest BCUT2D eigenvalue weighted by Gasteiger charge is -2.21. The van der Waals surface area contributed by atoms with E-state index in [9.17, 15) is 9.59 Å². The van der Waals surface area contributed by atoms with Crippen LogP contribution in [0.2, 0.25) is 0 Å². The Hall–Kier alpha value is -3.56. The van der Waals surface area contributed by atoms with Gasteiger partial charge in [-0.1, -0.05) is 24.3 Å². The average molecular weight is 479 g/mol. The van der Waals surface area contributed by atoms with Crippen LogP contribution in [0.5, 0.6) is 5.75 Å². The number of carbonyl (C=O) groups excluding carboxylic acids is 1. The molecule has 8 nitrogen and oxygen atoms in total. The fraction of sp³-hybridized carbons (Fsp3) is 0.280. The summed E-state index contributed by atoms with van der Waals surface area (Å²) in [6, 6.07) is 14.9. The van der Waals surface area contributed by atoms with Crippen LogP contribution in [0.4, 0.5) is 0 Å². The number of rotatable bonds is 10. The number of H-pyrrole nitrogens is 1. The molecule has 0 aliphatic carbocycles. The fourth-order valence-corrected chi connectivity index (χ4v) is 4.44. The van der Waals surface area contributed by atoms with Crippen LogP contribution in [0.1, 0.15) is 18.4 Å². The molecule has 0 atom stereocenters. The SMILES string of the molecule is CCOc1ccccc1-c1nc(CC(=O)N(CCOC)Cc2nc3ccccc3c(=O)[nH]2)cs1. The maximum absolute atomic E-state index is 13.2. The van der Waals surface area contributed by atoms with Gasteiger partial charge in [0.25, 0.3) is 5.56 Å². The van der Waals surface area contributed by atoms with Crippen molar-refractivity contribution in [2.75, 3.05) is 26.9 Å². The van der Waals surface area contributed by atoms with Crippen molar-refractivity contribution in [3.05, 3.63) is 75.8 Å². The largest absolute Gasteiger partial charge is 0.493 e. The van der Waals surface area contributed by atoms with Gasteiger partial charge in [-0.3, -0.25) is 9.59 Å². The van der Waals surface area contributed by atoms with Gasteiger partial charge in [-0.2, -0.15) is 0 Å². The van der Waals surface area contributed by atoms with E-state index >= 15 is 0 Å². The molecule has 0 saturated heterocycles. The highest BCUT2D eigenvalue weighted by Gasteiger charge is 2.19. The standard InChI is InChI=1S/C25H26N4O4S/c1-3-33-21-11-7-5-9-19(21)25-26-17(16-34-25)14-23(30)29(12-13-32-2)15-22-27-20-10-6-4-8-18(20)24(31)28-22/h4-11,16H,3,12-15H2,1-2H3,(H,27,28,31). The van der Waals surface area contributed by atoms with E-state index in [4.69, 9.17) is 9.47 Å². The van der Waals surface area contributed by atoms with Crippen molar-refractivity contribution < 1.29 is 14.3 Å². The van der Waals surface area contributed by atoms with Crippen molar-refractivity contribution in [1.29, 1.82) is 0 Å². The number of ether oxygens (including phenoxy) is 2. The summed E-state index contributed by atoms with van der Waals surface area (Å²) >= 11 is 1.48. The maximum Gasteiger partial charge on any atom is 0.258 e. The van der Waals surface area contributed by atoms with E-state index in [1.807, 2.05) is 42.6 Å². The molecule has 2 heterocycles. The van der Waals surface area contributed by atoms with Crippen LogP contribution >= 0.6 is 11.3 Å². The lowest BCUT2D eigenvalue weighted by molar-refractivity contribution is -0.131. The second kappa shape index (κ2) is 11.0. The van der Waals surface area contributed by atoms with Crippen molar-refractivity contribution >= 4 is 28.1 Å². The number of nitrogens with zero attached hydrogens (tertiary/aromatic N) is 3. The summed E-state index contributed by atoms with van der Waals surface area (Å²) < 4.78 is 10.9. The second-order valence-corrected chi connectivity index (χ2v) is 8.45. The van der Waals surface area contributed by atoms with E-state index in [1.165, 1.54) is 11.3 Å². The molecule has 1 amide bonds. The number of hydrogen-bond acceptors (Lipinski definition) is 7. The van der Waals surface area contributed by atoms with Gasteiger partial charge in [0.05, 0.1) is 48.3 Å². The third-order valence-corrected chi connectivity index (χ3v) is 6.15. The lowest BCUT2D eigenvalue weighted by atomic mass is 10.2. The topological polar surface area (TPSA) is 97.4 Å². The molecular weight excluding hydrogens is 452 g/mol. The predicted octanol–water partition coefficient (Wildman–Crippen LogP) is 3.66. The van der Waals surface area contributed by atoms with Crippen LogP contribution < -0.4 is 10.3 Å². The van der Waals surface area contributed by atoms with Crippen molar-refractivity contribution in [3.8, 4) is 16.3 Å². The van der Waals surface area contributed by atoms with Gasteiger partial charge >= 0.3 is 0 Å². The zero-order valence-corrected chi connectivity index (χ0v) is 19.9. The monoisotopic (exact) mass is 478 g/mol. The Morgan fingerprint density at radius 2 is 1.91 bits per heavy atom. The molecule has 0 radical (unpaired) electrons. The molecule has 9 heteroatoms. The number of benzene rings is 2. The van der Waals surface area contributed by atoms with Gasteiger partial charge < -0.3 is 19.4 Å². The molecule has 2 aromatic carbocycles. The molecule has 34 heavy (non-hydrogen) atoms. The molecule has 4 rings (SSSR count). The molecule has 4 aromatic rings. The molecule has 2 aromatic heterocycles. The number of hydrogen-bond donors (Lipinski definition) is 1. The van der Waals surface area contributed by atoms with Gasteiger partial charge in [0.15, 0.2) is 0 Å². The molecule has 0 unspecified atom stereocenters. The number of fused-ring (bicyclic) bond motifs is 1. The van der Waals surface area contributed by atoms with Crippen LogP contribution in [0.15, 0.2) is 58.7 Å². The molecule has 0 spiro atoms. The number of thiazole rings is 1. The second-order valence-electron chi connectivity index (χ2n) is 7.59. The zero-order valence-electron chi connectivity index (χ0n) is 19.1. The quantitative estimate of drug-likeness (QED) is 0.374. The molecule has 1 N–H and O–H groups in total. The molecule has 0 saturated carbocycles. The molecule has 0 aliphatic rings. The van der Waals surface area contributed by atoms with Crippen LogP contribution in [0.25, 0.3) is 21.5 Å². The number of methoxy groups -OCH3 is 1. The normalized spacial score (nSPS) is 11.0. The fourth-order valence-electron chi connectivity index (χ4n) is 3.59. The number of aromatic amines is 1. The van der Waals surface area contributed by atoms with Gasteiger partial charge in [0.1, 0.15) is 16.6 Å². The Bertz CT molecular complexity index is 1330. The van der Waals surface area contributed by atoms with Crippen molar-refractivity contribution in [1.82, 2.24) is 19.9 Å². The first-order valence-electron chi connectivity index (χ1n) is 11.0. The number of aromatic nitrogens is 3. The summed E-state index contributed by atoms with van der Waals surface area (Å²) in [4.78, 5) is 39.2. The summed E-state index contributed by atoms with van der Waals surface area (Å²) in [6.07, 6.45) is 0.134. The molecule has 176 valence electrons. The average Bonchev–Trinajstić information content (AvgIpc) is 3.30. The number of carbonyl (C=O) groups is 1.